The molecule has 0 atom stereocenters. The van der Waals surface area contributed by atoms with Crippen molar-refractivity contribution in [2.24, 2.45) is 0 Å². The molecule has 0 saturated heterocycles. The first-order chi connectivity index (χ1) is 9.28. The third-order valence-electron chi connectivity index (χ3n) is 3.01. The van der Waals surface area contributed by atoms with E-state index in [0.29, 0.717) is 11.8 Å². The van der Waals surface area contributed by atoms with Crippen LogP contribution in [0.5, 0.6) is 5.88 Å². The number of ether oxygens (including phenoxy) is 1. The highest BCUT2D eigenvalue weighted by molar-refractivity contribution is 7.07. The summed E-state index contributed by atoms with van der Waals surface area (Å²) >= 11 is 1.70. The molecule has 0 saturated carbocycles. The van der Waals surface area contributed by atoms with Crippen LogP contribution in [0.2, 0.25) is 0 Å². The summed E-state index contributed by atoms with van der Waals surface area (Å²) in [6.07, 6.45) is 0.915. The van der Waals surface area contributed by atoms with Crippen molar-refractivity contribution >= 4 is 28.4 Å². The van der Waals surface area contributed by atoms with E-state index in [0.717, 1.165) is 24.1 Å². The third-order valence-corrected chi connectivity index (χ3v) is 3.74. The number of thiophene rings is 1. The standard InChI is InChI=1S/C13H14N4OS/c1-18-11-3-2-10-12(16-11)17(13(14)15-10)6-4-9-5-7-19-8-9/h2-3,5,7-8H,4,6H2,1H3,(H2,14,15). The van der Waals surface area contributed by atoms with Crippen molar-refractivity contribution in [3.05, 3.63) is 34.5 Å². The van der Waals surface area contributed by atoms with Gasteiger partial charge in [-0.25, -0.2) is 4.98 Å². The lowest BCUT2D eigenvalue weighted by atomic mass is 10.2. The molecule has 3 rings (SSSR count). The maximum absolute atomic E-state index is 5.96. The number of fused-ring (bicyclic) bond motifs is 1. The lowest BCUT2D eigenvalue weighted by Gasteiger charge is -2.05. The van der Waals surface area contributed by atoms with Gasteiger partial charge in [-0.2, -0.15) is 16.3 Å². The highest BCUT2D eigenvalue weighted by Gasteiger charge is 2.10. The Morgan fingerprint density at radius 3 is 2.95 bits per heavy atom. The van der Waals surface area contributed by atoms with Crippen LogP contribution in [0.25, 0.3) is 11.2 Å². The summed E-state index contributed by atoms with van der Waals surface area (Å²) in [6, 6.07) is 5.78. The van der Waals surface area contributed by atoms with E-state index in [-0.39, 0.29) is 0 Å². The molecule has 0 radical (unpaired) electrons. The number of pyridine rings is 1. The van der Waals surface area contributed by atoms with E-state index >= 15 is 0 Å². The first-order valence-corrected chi connectivity index (χ1v) is 6.90. The molecular weight excluding hydrogens is 260 g/mol. The number of anilines is 1. The van der Waals surface area contributed by atoms with E-state index in [1.54, 1.807) is 24.5 Å². The number of aryl methyl sites for hydroxylation is 2. The van der Waals surface area contributed by atoms with Gasteiger partial charge in [0.2, 0.25) is 11.8 Å². The molecule has 3 heterocycles. The van der Waals surface area contributed by atoms with Crippen LogP contribution in [0.1, 0.15) is 5.56 Å². The summed E-state index contributed by atoms with van der Waals surface area (Å²) in [5.41, 5.74) is 8.82. The van der Waals surface area contributed by atoms with Crippen molar-refractivity contribution in [1.82, 2.24) is 14.5 Å². The molecule has 0 spiro atoms. The number of methoxy groups -OCH3 is 1. The minimum Gasteiger partial charge on any atom is -0.481 e. The lowest BCUT2D eigenvalue weighted by Crippen LogP contribution is -2.06. The van der Waals surface area contributed by atoms with Gasteiger partial charge >= 0.3 is 0 Å². The Labute approximate surface area is 114 Å². The molecule has 0 aliphatic heterocycles. The average molecular weight is 274 g/mol. The second kappa shape index (κ2) is 4.89. The number of aromatic nitrogens is 3. The van der Waals surface area contributed by atoms with Gasteiger partial charge in [0, 0.05) is 12.6 Å². The summed E-state index contributed by atoms with van der Waals surface area (Å²) in [4.78, 5) is 8.73. The molecule has 6 heteroatoms. The molecule has 5 nitrogen and oxygen atoms in total. The normalized spacial score (nSPS) is 11.0. The van der Waals surface area contributed by atoms with Gasteiger partial charge in [-0.05, 0) is 34.9 Å². The highest BCUT2D eigenvalue weighted by atomic mass is 32.1. The molecule has 0 aromatic carbocycles. The summed E-state index contributed by atoms with van der Waals surface area (Å²) in [5.74, 6) is 1.06. The van der Waals surface area contributed by atoms with Crippen LogP contribution in [0.3, 0.4) is 0 Å². The monoisotopic (exact) mass is 274 g/mol. The number of nitrogens with zero attached hydrogens (tertiary/aromatic N) is 3. The van der Waals surface area contributed by atoms with Crippen LogP contribution in [0.4, 0.5) is 5.95 Å². The Hall–Kier alpha value is -2.08. The second-order valence-electron chi connectivity index (χ2n) is 4.20. The Kier molecular flexibility index (Phi) is 3.08. The van der Waals surface area contributed by atoms with Gasteiger partial charge in [0.15, 0.2) is 5.65 Å². The third kappa shape index (κ3) is 2.26. The molecule has 3 aromatic heterocycles. The summed E-state index contributed by atoms with van der Waals surface area (Å²) in [6.45, 7) is 0.763. The summed E-state index contributed by atoms with van der Waals surface area (Å²) in [5, 5.41) is 4.22. The molecule has 0 bridgehead atoms. The largest absolute Gasteiger partial charge is 0.481 e. The van der Waals surface area contributed by atoms with Gasteiger partial charge in [-0.15, -0.1) is 0 Å². The first kappa shape index (κ1) is 12.0. The molecule has 98 valence electrons. The topological polar surface area (TPSA) is 66.0 Å². The molecule has 0 aliphatic carbocycles. The van der Waals surface area contributed by atoms with Gasteiger partial charge in [0.25, 0.3) is 0 Å². The predicted octanol–water partition coefficient (Wildman–Crippen LogP) is 2.33. The van der Waals surface area contributed by atoms with Crippen molar-refractivity contribution in [2.45, 2.75) is 13.0 Å². The van der Waals surface area contributed by atoms with Crippen LogP contribution in [-0.4, -0.2) is 21.6 Å². The van der Waals surface area contributed by atoms with E-state index in [1.807, 2.05) is 10.6 Å². The zero-order valence-corrected chi connectivity index (χ0v) is 11.4. The molecule has 0 unspecified atom stereocenters. The maximum Gasteiger partial charge on any atom is 0.215 e. The molecule has 0 aliphatic rings. The quantitative estimate of drug-likeness (QED) is 0.793. The fourth-order valence-corrected chi connectivity index (χ4v) is 2.71. The van der Waals surface area contributed by atoms with Gasteiger partial charge in [0.05, 0.1) is 7.11 Å². The second-order valence-corrected chi connectivity index (χ2v) is 4.98. The summed E-state index contributed by atoms with van der Waals surface area (Å²) < 4.78 is 7.07. The summed E-state index contributed by atoms with van der Waals surface area (Å²) in [7, 11) is 1.60. The van der Waals surface area contributed by atoms with E-state index in [9.17, 15) is 0 Å². The van der Waals surface area contributed by atoms with Gasteiger partial charge in [-0.3, -0.25) is 4.57 Å². The number of nitrogens with two attached hydrogens (primary N) is 1. The van der Waals surface area contributed by atoms with E-state index in [4.69, 9.17) is 10.5 Å². The van der Waals surface area contributed by atoms with Crippen molar-refractivity contribution < 1.29 is 4.74 Å². The Balaban J connectivity index is 1.94. The number of nitrogen functional groups attached to an aromatic ring is 1. The Bertz CT molecular complexity index is 690. The zero-order valence-electron chi connectivity index (χ0n) is 10.5. The van der Waals surface area contributed by atoms with Gasteiger partial charge < -0.3 is 10.5 Å². The Morgan fingerprint density at radius 2 is 2.21 bits per heavy atom. The molecule has 0 fully saturated rings. The molecular formula is C13H14N4OS. The van der Waals surface area contributed by atoms with Gasteiger partial charge in [-0.1, -0.05) is 0 Å². The molecule has 3 aromatic rings. The minimum atomic E-state index is 0.492. The number of imidazole rings is 1. The smallest absolute Gasteiger partial charge is 0.215 e. The van der Waals surface area contributed by atoms with Gasteiger partial charge in [0.1, 0.15) is 5.52 Å². The lowest BCUT2D eigenvalue weighted by molar-refractivity contribution is 0.399. The molecule has 19 heavy (non-hydrogen) atoms. The van der Waals surface area contributed by atoms with Crippen molar-refractivity contribution in [3.8, 4) is 5.88 Å². The minimum absolute atomic E-state index is 0.492. The maximum atomic E-state index is 5.96. The van der Waals surface area contributed by atoms with E-state index < -0.39 is 0 Å². The van der Waals surface area contributed by atoms with Crippen LogP contribution >= 0.6 is 11.3 Å². The number of rotatable bonds is 4. The average Bonchev–Trinajstić information content (AvgIpc) is 3.03. The molecule has 0 amide bonds. The first-order valence-electron chi connectivity index (χ1n) is 5.96. The van der Waals surface area contributed by atoms with Crippen LogP contribution in [-0.2, 0) is 13.0 Å². The fourth-order valence-electron chi connectivity index (χ4n) is 2.01. The van der Waals surface area contributed by atoms with Crippen LogP contribution in [0, 0.1) is 0 Å². The highest BCUT2D eigenvalue weighted by Crippen LogP contribution is 2.20. The SMILES string of the molecule is COc1ccc2nc(N)n(CCc3ccsc3)c2n1. The number of hydrogen-bond donors (Lipinski definition) is 1. The molecule has 2 N–H and O–H groups in total. The Morgan fingerprint density at radius 1 is 1.32 bits per heavy atom. The van der Waals surface area contributed by atoms with Crippen molar-refractivity contribution in [3.63, 3.8) is 0 Å². The fraction of sp³-hybridized carbons (Fsp3) is 0.231. The predicted molar refractivity (Wildman–Crippen MR) is 76.5 cm³/mol. The van der Waals surface area contributed by atoms with E-state index in [1.165, 1.54) is 5.56 Å². The number of hydrogen-bond acceptors (Lipinski definition) is 5. The van der Waals surface area contributed by atoms with E-state index in [2.05, 4.69) is 26.8 Å². The zero-order chi connectivity index (χ0) is 13.2. The van der Waals surface area contributed by atoms with Crippen molar-refractivity contribution in [2.75, 3.05) is 12.8 Å². The van der Waals surface area contributed by atoms with Crippen LogP contribution in [0.15, 0.2) is 29.0 Å². The van der Waals surface area contributed by atoms with Crippen LogP contribution < -0.4 is 10.5 Å². The van der Waals surface area contributed by atoms with Crippen molar-refractivity contribution in [1.29, 1.82) is 0 Å².